The van der Waals surface area contributed by atoms with Gasteiger partial charge in [0.05, 0.1) is 0 Å². The van der Waals surface area contributed by atoms with Crippen molar-refractivity contribution in [3.05, 3.63) is 54.1 Å². The van der Waals surface area contributed by atoms with E-state index in [0.29, 0.717) is 6.42 Å². The SMILES string of the molecule is NC(=O)C1(C(=O)N(C2CCCC2)C2CCCC2)C=CC(c2ccccc2)=CC1. The lowest BCUT2D eigenvalue weighted by Gasteiger charge is -2.41. The predicted molar refractivity (Wildman–Crippen MR) is 111 cm³/mol. The fourth-order valence-electron chi connectivity index (χ4n) is 5.16. The van der Waals surface area contributed by atoms with E-state index >= 15 is 0 Å². The third-order valence-corrected chi connectivity index (χ3v) is 6.79. The molecule has 0 bridgehead atoms. The zero-order valence-electron chi connectivity index (χ0n) is 16.5. The second kappa shape index (κ2) is 7.94. The molecule has 28 heavy (non-hydrogen) atoms. The van der Waals surface area contributed by atoms with Crippen LogP contribution in [0.1, 0.15) is 63.4 Å². The van der Waals surface area contributed by atoms with E-state index < -0.39 is 11.3 Å². The summed E-state index contributed by atoms with van der Waals surface area (Å²) in [5.74, 6) is -0.600. The highest BCUT2D eigenvalue weighted by Crippen LogP contribution is 2.40. The van der Waals surface area contributed by atoms with E-state index in [1.165, 1.54) is 25.7 Å². The van der Waals surface area contributed by atoms with Crippen LogP contribution in [0.2, 0.25) is 0 Å². The molecule has 1 aromatic carbocycles. The Bertz CT molecular complexity index is 770. The van der Waals surface area contributed by atoms with Crippen molar-refractivity contribution in [3.8, 4) is 0 Å². The minimum atomic E-state index is -1.25. The van der Waals surface area contributed by atoms with Gasteiger partial charge in [-0.25, -0.2) is 0 Å². The Hall–Kier alpha value is -2.36. The maximum absolute atomic E-state index is 13.8. The summed E-state index contributed by atoms with van der Waals surface area (Å²) >= 11 is 0. The van der Waals surface area contributed by atoms with E-state index in [9.17, 15) is 9.59 Å². The van der Waals surface area contributed by atoms with Crippen LogP contribution < -0.4 is 5.73 Å². The fourth-order valence-corrected chi connectivity index (χ4v) is 5.16. The van der Waals surface area contributed by atoms with Crippen molar-refractivity contribution in [2.75, 3.05) is 0 Å². The van der Waals surface area contributed by atoms with Crippen LogP contribution in [0.5, 0.6) is 0 Å². The molecule has 0 spiro atoms. The first-order valence-corrected chi connectivity index (χ1v) is 10.7. The lowest BCUT2D eigenvalue weighted by molar-refractivity contribution is -0.150. The van der Waals surface area contributed by atoms with Gasteiger partial charge in [-0.05, 0) is 43.2 Å². The second-order valence-electron chi connectivity index (χ2n) is 8.49. The first-order chi connectivity index (χ1) is 13.6. The van der Waals surface area contributed by atoms with Gasteiger partial charge in [-0.2, -0.15) is 0 Å². The van der Waals surface area contributed by atoms with Crippen molar-refractivity contribution in [2.24, 2.45) is 11.1 Å². The van der Waals surface area contributed by atoms with Gasteiger partial charge >= 0.3 is 0 Å². The number of carbonyl (C=O) groups is 2. The van der Waals surface area contributed by atoms with E-state index in [1.807, 2.05) is 42.5 Å². The van der Waals surface area contributed by atoms with Crippen LogP contribution in [-0.4, -0.2) is 28.8 Å². The number of hydrogen-bond donors (Lipinski definition) is 1. The summed E-state index contributed by atoms with van der Waals surface area (Å²) < 4.78 is 0. The minimum absolute atomic E-state index is 0.0709. The number of primary amides is 1. The summed E-state index contributed by atoms with van der Waals surface area (Å²) in [6, 6.07) is 10.6. The molecule has 1 unspecified atom stereocenters. The van der Waals surface area contributed by atoms with Crippen molar-refractivity contribution in [2.45, 2.75) is 69.9 Å². The molecule has 0 saturated heterocycles. The molecule has 1 aromatic rings. The predicted octanol–water partition coefficient (Wildman–Crippen LogP) is 4.22. The van der Waals surface area contributed by atoms with Crippen molar-refractivity contribution in [3.63, 3.8) is 0 Å². The summed E-state index contributed by atoms with van der Waals surface area (Å²) in [6.45, 7) is 0. The average Bonchev–Trinajstić information content (AvgIpc) is 3.44. The van der Waals surface area contributed by atoms with Gasteiger partial charge in [-0.3, -0.25) is 9.59 Å². The van der Waals surface area contributed by atoms with Gasteiger partial charge in [0.1, 0.15) is 5.41 Å². The number of benzene rings is 1. The number of hydrogen-bond acceptors (Lipinski definition) is 2. The molecule has 148 valence electrons. The Labute approximate surface area is 167 Å². The molecule has 0 heterocycles. The van der Waals surface area contributed by atoms with Gasteiger partial charge in [0.2, 0.25) is 11.8 Å². The monoisotopic (exact) mass is 378 g/mol. The van der Waals surface area contributed by atoms with Crippen LogP contribution in [0.25, 0.3) is 5.57 Å². The van der Waals surface area contributed by atoms with E-state index in [4.69, 9.17) is 5.73 Å². The topological polar surface area (TPSA) is 63.4 Å². The van der Waals surface area contributed by atoms with Gasteiger partial charge in [0.15, 0.2) is 0 Å². The molecule has 1 atom stereocenters. The molecule has 2 amide bonds. The van der Waals surface area contributed by atoms with Crippen LogP contribution in [0.3, 0.4) is 0 Å². The zero-order chi connectivity index (χ0) is 19.6. The first kappa shape index (κ1) is 19.0. The van der Waals surface area contributed by atoms with E-state index in [1.54, 1.807) is 6.08 Å². The Morgan fingerprint density at radius 3 is 1.96 bits per heavy atom. The first-order valence-electron chi connectivity index (χ1n) is 10.7. The Morgan fingerprint density at radius 1 is 0.929 bits per heavy atom. The average molecular weight is 379 g/mol. The molecule has 2 fully saturated rings. The van der Waals surface area contributed by atoms with Gasteiger partial charge in [-0.1, -0.05) is 74.2 Å². The summed E-state index contributed by atoms with van der Waals surface area (Å²) in [5.41, 5.74) is 6.74. The summed E-state index contributed by atoms with van der Waals surface area (Å²) in [7, 11) is 0. The van der Waals surface area contributed by atoms with Crippen molar-refractivity contribution in [1.82, 2.24) is 4.90 Å². The Morgan fingerprint density at radius 2 is 1.50 bits per heavy atom. The van der Waals surface area contributed by atoms with Crippen LogP contribution in [0.15, 0.2) is 48.6 Å². The molecule has 3 aliphatic rings. The largest absolute Gasteiger partial charge is 0.368 e. The van der Waals surface area contributed by atoms with Crippen LogP contribution in [-0.2, 0) is 9.59 Å². The highest BCUT2D eigenvalue weighted by molar-refractivity contribution is 6.08. The number of allylic oxidation sites excluding steroid dienone is 3. The molecule has 0 aromatic heterocycles. The Kier molecular flexibility index (Phi) is 5.38. The molecule has 4 rings (SSSR count). The summed E-state index contributed by atoms with van der Waals surface area (Å²) in [5, 5.41) is 0. The van der Waals surface area contributed by atoms with E-state index in [2.05, 4.69) is 4.90 Å². The molecule has 2 N–H and O–H groups in total. The van der Waals surface area contributed by atoms with Gasteiger partial charge in [0, 0.05) is 12.1 Å². The maximum Gasteiger partial charge on any atom is 0.242 e. The normalized spacial score (nSPS) is 25.6. The van der Waals surface area contributed by atoms with Crippen LogP contribution in [0.4, 0.5) is 0 Å². The van der Waals surface area contributed by atoms with Gasteiger partial charge in [-0.15, -0.1) is 0 Å². The molecule has 0 radical (unpaired) electrons. The molecule has 4 nitrogen and oxygen atoms in total. The molecule has 4 heteroatoms. The second-order valence-corrected chi connectivity index (χ2v) is 8.49. The number of nitrogens with two attached hydrogens (primary N) is 1. The molecule has 3 aliphatic carbocycles. The Balaban J connectivity index is 1.63. The van der Waals surface area contributed by atoms with Gasteiger partial charge < -0.3 is 10.6 Å². The van der Waals surface area contributed by atoms with Gasteiger partial charge in [0.25, 0.3) is 0 Å². The number of nitrogens with zero attached hydrogens (tertiary/aromatic N) is 1. The number of rotatable bonds is 5. The molecular formula is C24H30N2O2. The molecule has 2 saturated carbocycles. The quantitative estimate of drug-likeness (QED) is 0.780. The summed E-state index contributed by atoms with van der Waals surface area (Å²) in [6.07, 6.45) is 14.9. The fraction of sp³-hybridized carbons (Fsp3) is 0.500. The van der Waals surface area contributed by atoms with E-state index in [0.717, 1.165) is 36.8 Å². The number of carbonyl (C=O) groups excluding carboxylic acids is 2. The smallest absolute Gasteiger partial charge is 0.242 e. The molecular weight excluding hydrogens is 348 g/mol. The third-order valence-electron chi connectivity index (χ3n) is 6.79. The molecule has 0 aliphatic heterocycles. The van der Waals surface area contributed by atoms with E-state index in [-0.39, 0.29) is 18.0 Å². The highest BCUT2D eigenvalue weighted by atomic mass is 16.2. The number of amides is 2. The lowest BCUT2D eigenvalue weighted by atomic mass is 9.76. The highest BCUT2D eigenvalue weighted by Gasteiger charge is 2.48. The maximum atomic E-state index is 13.8. The minimum Gasteiger partial charge on any atom is -0.368 e. The summed E-state index contributed by atoms with van der Waals surface area (Å²) in [4.78, 5) is 28.5. The lowest BCUT2D eigenvalue weighted by Crippen LogP contribution is -2.56. The standard InChI is InChI=1S/C24H30N2O2/c25-22(27)24(16-14-19(15-17-24)18-8-2-1-3-9-18)23(28)26(20-10-4-5-11-20)21-12-6-7-13-21/h1-3,8-9,14-16,20-21H,4-7,10-13,17H2,(H2,25,27). The van der Waals surface area contributed by atoms with Crippen molar-refractivity contribution in [1.29, 1.82) is 0 Å². The third kappa shape index (κ3) is 3.41. The van der Waals surface area contributed by atoms with Crippen LogP contribution in [0, 0.1) is 5.41 Å². The van der Waals surface area contributed by atoms with Crippen molar-refractivity contribution < 1.29 is 9.59 Å². The zero-order valence-corrected chi connectivity index (χ0v) is 16.5. The van der Waals surface area contributed by atoms with Crippen molar-refractivity contribution >= 4 is 17.4 Å². The van der Waals surface area contributed by atoms with Crippen LogP contribution >= 0.6 is 0 Å².